The van der Waals surface area contributed by atoms with Gasteiger partial charge in [-0.05, 0) is 25.6 Å². The number of nitrogens with zero attached hydrogens (tertiary/aromatic N) is 1. The van der Waals surface area contributed by atoms with Crippen LogP contribution in [0.1, 0.15) is 18.2 Å². The quantitative estimate of drug-likeness (QED) is 0.908. The van der Waals surface area contributed by atoms with Crippen LogP contribution in [0.25, 0.3) is 0 Å². The number of benzene rings is 1. The van der Waals surface area contributed by atoms with Crippen molar-refractivity contribution in [2.24, 2.45) is 0 Å². The van der Waals surface area contributed by atoms with E-state index in [1.807, 2.05) is 13.8 Å². The molecular weight excluding hydrogens is 262 g/mol. The van der Waals surface area contributed by atoms with Gasteiger partial charge in [-0.2, -0.15) is 0 Å². The zero-order valence-electron chi connectivity index (χ0n) is 11.4. The average Bonchev–Trinajstić information content (AvgIpc) is 2.42. The van der Waals surface area contributed by atoms with Gasteiger partial charge in [0.25, 0.3) is 0 Å². The zero-order valence-corrected chi connectivity index (χ0v) is 11.4. The second-order valence-electron chi connectivity index (χ2n) is 4.39. The molecule has 3 nitrogen and oxygen atoms in total. The number of aromatic nitrogens is 1. The first-order chi connectivity index (χ1) is 9.60. The molecule has 1 N–H and O–H groups in total. The van der Waals surface area contributed by atoms with Gasteiger partial charge in [-0.15, -0.1) is 0 Å². The molecule has 20 heavy (non-hydrogen) atoms. The summed E-state index contributed by atoms with van der Waals surface area (Å²) in [6.45, 7) is 5.14. The Morgan fingerprint density at radius 3 is 2.75 bits per heavy atom. The summed E-state index contributed by atoms with van der Waals surface area (Å²) in [5, 5.41) is 3.15. The molecule has 0 bridgehead atoms. The fourth-order valence-corrected chi connectivity index (χ4v) is 1.72. The van der Waals surface area contributed by atoms with Crippen LogP contribution in [-0.4, -0.2) is 11.5 Å². The van der Waals surface area contributed by atoms with Crippen LogP contribution in [0.15, 0.2) is 30.5 Å². The Balaban J connectivity index is 2.31. The highest BCUT2D eigenvalue weighted by Crippen LogP contribution is 2.28. The van der Waals surface area contributed by atoms with Gasteiger partial charge in [0.05, 0.1) is 0 Å². The van der Waals surface area contributed by atoms with Crippen molar-refractivity contribution in [3.63, 3.8) is 0 Å². The van der Waals surface area contributed by atoms with Gasteiger partial charge in [0.1, 0.15) is 11.6 Å². The third-order valence-electron chi connectivity index (χ3n) is 2.76. The average molecular weight is 278 g/mol. The molecule has 0 saturated heterocycles. The van der Waals surface area contributed by atoms with Crippen molar-refractivity contribution in [1.29, 1.82) is 0 Å². The largest absolute Gasteiger partial charge is 0.454 e. The number of hydrogen-bond donors (Lipinski definition) is 1. The van der Waals surface area contributed by atoms with Crippen molar-refractivity contribution in [3.05, 3.63) is 53.4 Å². The molecule has 0 saturated carbocycles. The standard InChI is InChI=1S/C15H16F2N2O/c1-3-18-8-11-9-19-10(2)6-14(11)20-15-7-12(16)4-5-13(15)17/h4-7,9,18H,3,8H2,1-2H3. The molecule has 0 spiro atoms. The Bertz CT molecular complexity index is 602. The summed E-state index contributed by atoms with van der Waals surface area (Å²) < 4.78 is 32.3. The molecule has 106 valence electrons. The monoisotopic (exact) mass is 278 g/mol. The van der Waals surface area contributed by atoms with Crippen LogP contribution in [0.5, 0.6) is 11.5 Å². The van der Waals surface area contributed by atoms with Crippen LogP contribution in [0.3, 0.4) is 0 Å². The summed E-state index contributed by atoms with van der Waals surface area (Å²) in [6, 6.07) is 4.83. The van der Waals surface area contributed by atoms with Gasteiger partial charge in [-0.25, -0.2) is 8.78 Å². The third kappa shape index (κ3) is 3.51. The Hall–Kier alpha value is -2.01. The first-order valence-corrected chi connectivity index (χ1v) is 6.39. The molecule has 0 unspecified atom stereocenters. The molecule has 0 aliphatic heterocycles. The molecule has 1 aromatic heterocycles. The van der Waals surface area contributed by atoms with Crippen molar-refractivity contribution in [2.45, 2.75) is 20.4 Å². The van der Waals surface area contributed by atoms with Gasteiger partial charge >= 0.3 is 0 Å². The van der Waals surface area contributed by atoms with E-state index in [1.165, 1.54) is 0 Å². The molecule has 2 rings (SSSR count). The molecule has 0 aliphatic rings. The number of halogens is 2. The van der Waals surface area contributed by atoms with Gasteiger partial charge in [-0.3, -0.25) is 4.98 Å². The number of nitrogens with one attached hydrogen (secondary N) is 1. The molecule has 0 atom stereocenters. The van der Waals surface area contributed by atoms with E-state index in [1.54, 1.807) is 12.3 Å². The molecule has 5 heteroatoms. The van der Waals surface area contributed by atoms with Crippen LogP contribution in [0.2, 0.25) is 0 Å². The lowest BCUT2D eigenvalue weighted by molar-refractivity contribution is 0.429. The molecule has 1 heterocycles. The Kier molecular flexibility index (Phi) is 4.63. The van der Waals surface area contributed by atoms with Crippen LogP contribution in [0.4, 0.5) is 8.78 Å². The zero-order chi connectivity index (χ0) is 14.5. The summed E-state index contributed by atoms with van der Waals surface area (Å²) in [5.41, 5.74) is 1.54. The van der Waals surface area contributed by atoms with E-state index in [4.69, 9.17) is 4.74 Å². The van der Waals surface area contributed by atoms with E-state index in [0.29, 0.717) is 12.3 Å². The van der Waals surface area contributed by atoms with E-state index < -0.39 is 11.6 Å². The molecule has 1 aromatic carbocycles. The van der Waals surface area contributed by atoms with Crippen molar-refractivity contribution < 1.29 is 13.5 Å². The number of pyridine rings is 1. The minimum atomic E-state index is -0.602. The minimum Gasteiger partial charge on any atom is -0.454 e. The Morgan fingerprint density at radius 2 is 2.00 bits per heavy atom. The molecule has 0 fully saturated rings. The first-order valence-electron chi connectivity index (χ1n) is 6.39. The summed E-state index contributed by atoms with van der Waals surface area (Å²) in [6.07, 6.45) is 1.67. The van der Waals surface area contributed by atoms with Gasteiger partial charge in [0.15, 0.2) is 11.6 Å². The highest BCUT2D eigenvalue weighted by Gasteiger charge is 2.10. The maximum absolute atomic E-state index is 13.6. The van der Waals surface area contributed by atoms with Crippen molar-refractivity contribution in [2.75, 3.05) is 6.54 Å². The number of rotatable bonds is 5. The Morgan fingerprint density at radius 1 is 1.20 bits per heavy atom. The van der Waals surface area contributed by atoms with Crippen LogP contribution < -0.4 is 10.1 Å². The fraction of sp³-hybridized carbons (Fsp3) is 0.267. The molecule has 2 aromatic rings. The van der Waals surface area contributed by atoms with E-state index in [-0.39, 0.29) is 5.75 Å². The maximum atomic E-state index is 13.6. The van der Waals surface area contributed by atoms with Crippen LogP contribution in [0, 0.1) is 18.6 Å². The van der Waals surface area contributed by atoms with Crippen molar-refractivity contribution in [3.8, 4) is 11.5 Å². The number of aryl methyl sites for hydroxylation is 1. The second kappa shape index (κ2) is 6.43. The normalized spacial score (nSPS) is 10.6. The SMILES string of the molecule is CCNCc1cnc(C)cc1Oc1cc(F)ccc1F. The number of hydrogen-bond acceptors (Lipinski definition) is 3. The summed E-state index contributed by atoms with van der Waals surface area (Å²) in [4.78, 5) is 4.19. The van der Waals surface area contributed by atoms with E-state index in [9.17, 15) is 8.78 Å². The summed E-state index contributed by atoms with van der Waals surface area (Å²) >= 11 is 0. The van der Waals surface area contributed by atoms with E-state index in [0.717, 1.165) is 36.0 Å². The smallest absolute Gasteiger partial charge is 0.165 e. The van der Waals surface area contributed by atoms with Crippen molar-refractivity contribution in [1.82, 2.24) is 10.3 Å². The topological polar surface area (TPSA) is 34.2 Å². The lowest BCUT2D eigenvalue weighted by Crippen LogP contribution is -2.13. The number of ether oxygens (including phenoxy) is 1. The maximum Gasteiger partial charge on any atom is 0.165 e. The van der Waals surface area contributed by atoms with Gasteiger partial charge in [0, 0.05) is 36.1 Å². The van der Waals surface area contributed by atoms with Crippen molar-refractivity contribution >= 4 is 0 Å². The van der Waals surface area contributed by atoms with Gasteiger partial charge < -0.3 is 10.1 Å². The predicted octanol–water partition coefficient (Wildman–Crippen LogP) is 3.57. The first kappa shape index (κ1) is 14.4. The molecular formula is C15H16F2N2O. The highest BCUT2D eigenvalue weighted by molar-refractivity contribution is 5.38. The summed E-state index contributed by atoms with van der Waals surface area (Å²) in [5.74, 6) is -0.799. The van der Waals surface area contributed by atoms with Crippen LogP contribution >= 0.6 is 0 Å². The van der Waals surface area contributed by atoms with Gasteiger partial charge in [0.2, 0.25) is 0 Å². The van der Waals surface area contributed by atoms with E-state index in [2.05, 4.69) is 10.3 Å². The molecule has 0 radical (unpaired) electrons. The molecule has 0 aliphatic carbocycles. The lowest BCUT2D eigenvalue weighted by Gasteiger charge is -2.12. The minimum absolute atomic E-state index is 0.131. The predicted molar refractivity (Wildman–Crippen MR) is 72.8 cm³/mol. The fourth-order valence-electron chi connectivity index (χ4n) is 1.72. The molecule has 0 amide bonds. The highest BCUT2D eigenvalue weighted by atomic mass is 19.1. The third-order valence-corrected chi connectivity index (χ3v) is 2.76. The summed E-state index contributed by atoms with van der Waals surface area (Å²) in [7, 11) is 0. The second-order valence-corrected chi connectivity index (χ2v) is 4.39. The Labute approximate surface area is 116 Å². The van der Waals surface area contributed by atoms with Crippen LogP contribution in [-0.2, 0) is 6.54 Å². The lowest BCUT2D eigenvalue weighted by atomic mass is 10.2. The van der Waals surface area contributed by atoms with E-state index >= 15 is 0 Å². The van der Waals surface area contributed by atoms with Gasteiger partial charge in [-0.1, -0.05) is 6.92 Å².